The van der Waals surface area contributed by atoms with Gasteiger partial charge < -0.3 is 10.2 Å². The van der Waals surface area contributed by atoms with Crippen LogP contribution in [0.1, 0.15) is 25.3 Å². The molecule has 9 heteroatoms. The van der Waals surface area contributed by atoms with Crippen molar-refractivity contribution in [2.75, 3.05) is 30.3 Å². The predicted molar refractivity (Wildman–Crippen MR) is 125 cm³/mol. The first-order valence-electron chi connectivity index (χ1n) is 10.1. The lowest BCUT2D eigenvalue weighted by atomic mass is 10.0. The SMILES string of the molecule is C[C@H]1CCCN(c2nc3ncnc(SCC(=O)NCCc4ccc(Cl)cc4)c3s2)C1. The molecule has 1 fully saturated rings. The Morgan fingerprint density at radius 3 is 2.97 bits per heavy atom. The normalized spacial score (nSPS) is 16.7. The van der Waals surface area contributed by atoms with Crippen LogP contribution in [0.4, 0.5) is 5.13 Å². The first-order chi connectivity index (χ1) is 14.6. The van der Waals surface area contributed by atoms with E-state index in [1.54, 1.807) is 11.3 Å². The summed E-state index contributed by atoms with van der Waals surface area (Å²) in [6.07, 6.45) is 4.78. The molecule has 1 amide bonds. The van der Waals surface area contributed by atoms with E-state index in [0.717, 1.165) is 45.0 Å². The van der Waals surface area contributed by atoms with E-state index in [2.05, 4.69) is 27.1 Å². The minimum Gasteiger partial charge on any atom is -0.355 e. The Kier molecular flexibility index (Phi) is 7.07. The van der Waals surface area contributed by atoms with Crippen molar-refractivity contribution in [3.63, 3.8) is 0 Å². The van der Waals surface area contributed by atoms with E-state index in [4.69, 9.17) is 16.6 Å². The van der Waals surface area contributed by atoms with E-state index < -0.39 is 0 Å². The Morgan fingerprint density at radius 1 is 1.33 bits per heavy atom. The minimum absolute atomic E-state index is 0.00433. The molecule has 30 heavy (non-hydrogen) atoms. The quantitative estimate of drug-likeness (QED) is 0.414. The fourth-order valence-corrected chi connectivity index (χ4v) is 5.59. The molecule has 1 atom stereocenters. The summed E-state index contributed by atoms with van der Waals surface area (Å²) in [6.45, 7) is 4.95. The maximum Gasteiger partial charge on any atom is 0.230 e. The fourth-order valence-electron chi connectivity index (χ4n) is 3.51. The molecule has 3 aromatic rings. The summed E-state index contributed by atoms with van der Waals surface area (Å²) >= 11 is 8.96. The van der Waals surface area contributed by atoms with E-state index in [1.165, 1.54) is 30.9 Å². The van der Waals surface area contributed by atoms with Crippen molar-refractivity contribution in [1.82, 2.24) is 20.3 Å². The Morgan fingerprint density at radius 2 is 2.17 bits per heavy atom. The maximum absolute atomic E-state index is 12.3. The molecule has 0 saturated carbocycles. The third-order valence-corrected chi connectivity index (χ3v) is 7.55. The van der Waals surface area contributed by atoms with E-state index in [0.29, 0.717) is 23.9 Å². The number of thiazole rings is 1. The molecular weight excluding hydrogens is 438 g/mol. The number of hydrogen-bond donors (Lipinski definition) is 1. The van der Waals surface area contributed by atoms with Crippen LogP contribution in [0.15, 0.2) is 35.6 Å². The van der Waals surface area contributed by atoms with Gasteiger partial charge in [-0.05, 0) is 42.9 Å². The van der Waals surface area contributed by atoms with Gasteiger partial charge in [-0.25, -0.2) is 9.97 Å². The number of amides is 1. The average Bonchev–Trinajstić information content (AvgIpc) is 3.19. The molecule has 6 nitrogen and oxygen atoms in total. The number of carbonyl (C=O) groups is 1. The number of fused-ring (bicyclic) bond motifs is 1. The number of nitrogens with one attached hydrogen (secondary N) is 1. The standard InChI is InChI=1S/C21H24ClN5OS2/c1-14-3-2-10-27(11-14)21-26-19-18(30-21)20(25-13-24-19)29-12-17(28)23-9-8-15-4-6-16(22)7-5-15/h4-7,13-14H,2-3,8-12H2,1H3,(H,23,28)/t14-/m0/s1. The number of nitrogens with zero attached hydrogens (tertiary/aromatic N) is 4. The van der Waals surface area contributed by atoms with Gasteiger partial charge in [-0.15, -0.1) is 0 Å². The van der Waals surface area contributed by atoms with E-state index in [-0.39, 0.29) is 5.91 Å². The number of thioether (sulfide) groups is 1. The van der Waals surface area contributed by atoms with Crippen molar-refractivity contribution in [3.05, 3.63) is 41.2 Å². The first kappa shape index (κ1) is 21.3. The van der Waals surface area contributed by atoms with Gasteiger partial charge in [0.25, 0.3) is 0 Å². The zero-order valence-electron chi connectivity index (χ0n) is 16.8. The number of piperidine rings is 1. The topological polar surface area (TPSA) is 71.0 Å². The van der Waals surface area contributed by atoms with Crippen LogP contribution in [0.3, 0.4) is 0 Å². The molecule has 158 valence electrons. The largest absolute Gasteiger partial charge is 0.355 e. The number of carbonyl (C=O) groups excluding carboxylic acids is 1. The Hall–Kier alpha value is -1.90. The summed E-state index contributed by atoms with van der Waals surface area (Å²) in [5, 5.41) is 5.51. The zero-order valence-corrected chi connectivity index (χ0v) is 19.2. The van der Waals surface area contributed by atoms with Gasteiger partial charge in [-0.3, -0.25) is 4.79 Å². The van der Waals surface area contributed by atoms with E-state index in [1.807, 2.05) is 24.3 Å². The predicted octanol–water partition coefficient (Wildman–Crippen LogP) is 4.43. The number of aromatic nitrogens is 3. The summed E-state index contributed by atoms with van der Waals surface area (Å²) in [4.78, 5) is 28.1. The van der Waals surface area contributed by atoms with Crippen molar-refractivity contribution in [3.8, 4) is 0 Å². The molecule has 1 N–H and O–H groups in total. The molecule has 1 aromatic carbocycles. The average molecular weight is 462 g/mol. The molecule has 0 spiro atoms. The Bertz CT molecular complexity index is 1010. The number of halogens is 1. The van der Waals surface area contributed by atoms with Crippen molar-refractivity contribution in [1.29, 1.82) is 0 Å². The number of benzene rings is 1. The molecule has 0 radical (unpaired) electrons. The van der Waals surface area contributed by atoms with Crippen LogP contribution in [-0.2, 0) is 11.2 Å². The highest BCUT2D eigenvalue weighted by molar-refractivity contribution is 8.00. The van der Waals surface area contributed by atoms with Crippen molar-refractivity contribution in [2.24, 2.45) is 5.92 Å². The van der Waals surface area contributed by atoms with Gasteiger partial charge in [0.2, 0.25) is 5.91 Å². The van der Waals surface area contributed by atoms with Gasteiger partial charge in [0.1, 0.15) is 16.1 Å². The first-order valence-corrected chi connectivity index (χ1v) is 12.3. The fraction of sp³-hybridized carbons (Fsp3) is 0.429. The molecular formula is C21H24ClN5OS2. The second-order valence-corrected chi connectivity index (χ2v) is 9.91. The van der Waals surface area contributed by atoms with Crippen molar-refractivity contribution >= 4 is 56.1 Å². The summed E-state index contributed by atoms with van der Waals surface area (Å²) in [5.74, 6) is 0.998. The third kappa shape index (κ3) is 5.42. The molecule has 1 aliphatic rings. The van der Waals surface area contributed by atoms with Crippen LogP contribution in [0.5, 0.6) is 0 Å². The van der Waals surface area contributed by atoms with Crippen LogP contribution in [0, 0.1) is 5.92 Å². The molecule has 0 bridgehead atoms. The van der Waals surface area contributed by atoms with E-state index >= 15 is 0 Å². The van der Waals surface area contributed by atoms with Crippen molar-refractivity contribution in [2.45, 2.75) is 31.2 Å². The van der Waals surface area contributed by atoms with Crippen LogP contribution in [0.2, 0.25) is 5.02 Å². The van der Waals surface area contributed by atoms with Crippen LogP contribution in [0.25, 0.3) is 10.3 Å². The highest BCUT2D eigenvalue weighted by Crippen LogP contribution is 2.35. The van der Waals surface area contributed by atoms with Gasteiger partial charge in [-0.1, -0.05) is 53.8 Å². The summed E-state index contributed by atoms with van der Waals surface area (Å²) < 4.78 is 0.963. The second-order valence-electron chi connectivity index (χ2n) is 7.54. The maximum atomic E-state index is 12.3. The van der Waals surface area contributed by atoms with Crippen LogP contribution >= 0.6 is 34.7 Å². The molecule has 0 aliphatic carbocycles. The molecule has 1 saturated heterocycles. The van der Waals surface area contributed by atoms with Gasteiger partial charge in [0.15, 0.2) is 10.8 Å². The molecule has 3 heterocycles. The van der Waals surface area contributed by atoms with Crippen LogP contribution < -0.4 is 10.2 Å². The number of anilines is 1. The third-order valence-electron chi connectivity index (χ3n) is 5.06. The zero-order chi connectivity index (χ0) is 20.9. The lowest BCUT2D eigenvalue weighted by Gasteiger charge is -2.30. The van der Waals surface area contributed by atoms with Gasteiger partial charge in [0, 0.05) is 24.7 Å². The summed E-state index contributed by atoms with van der Waals surface area (Å²) in [5.41, 5.74) is 1.86. The molecule has 0 unspecified atom stereocenters. The highest BCUT2D eigenvalue weighted by Gasteiger charge is 2.21. The lowest BCUT2D eigenvalue weighted by molar-refractivity contribution is -0.118. The lowest BCUT2D eigenvalue weighted by Crippen LogP contribution is -2.34. The molecule has 2 aromatic heterocycles. The van der Waals surface area contributed by atoms with E-state index in [9.17, 15) is 4.79 Å². The monoisotopic (exact) mass is 461 g/mol. The number of hydrogen-bond acceptors (Lipinski definition) is 7. The number of rotatable bonds is 7. The summed E-state index contributed by atoms with van der Waals surface area (Å²) in [6, 6.07) is 7.68. The smallest absolute Gasteiger partial charge is 0.230 e. The van der Waals surface area contributed by atoms with Gasteiger partial charge in [-0.2, -0.15) is 4.98 Å². The highest BCUT2D eigenvalue weighted by atomic mass is 35.5. The van der Waals surface area contributed by atoms with Crippen molar-refractivity contribution < 1.29 is 4.79 Å². The Labute approximate surface area is 189 Å². The summed E-state index contributed by atoms with van der Waals surface area (Å²) in [7, 11) is 0. The Balaban J connectivity index is 1.33. The molecule has 4 rings (SSSR count). The van der Waals surface area contributed by atoms with Gasteiger partial charge >= 0.3 is 0 Å². The van der Waals surface area contributed by atoms with Gasteiger partial charge in [0.05, 0.1) is 5.75 Å². The second kappa shape index (κ2) is 9.94. The van der Waals surface area contributed by atoms with Crippen LogP contribution in [-0.4, -0.2) is 46.2 Å². The molecule has 1 aliphatic heterocycles. The minimum atomic E-state index is -0.00433.